The number of primary sulfonamides is 1. The molecule has 0 aliphatic heterocycles. The number of nitrogens with two attached hydrogens (primary N) is 1. The Hall–Kier alpha value is -1.46. The first-order valence-electron chi connectivity index (χ1n) is 4.39. The van der Waals surface area contributed by atoms with Crippen molar-refractivity contribution in [1.29, 1.82) is 0 Å². The molecule has 1 heterocycles. The summed E-state index contributed by atoms with van der Waals surface area (Å²) in [6.45, 7) is 0. The van der Waals surface area contributed by atoms with Crippen LogP contribution in [0.15, 0.2) is 41.6 Å². The average Bonchev–Trinajstić information content (AvgIpc) is 2.15. The third-order valence-electron chi connectivity index (χ3n) is 2.20. The molecule has 1 aromatic carbocycles. The second kappa shape index (κ2) is 3.29. The van der Waals surface area contributed by atoms with Gasteiger partial charge in [-0.05, 0) is 6.07 Å². The maximum atomic E-state index is 11.4. The number of pyridine rings is 1. The van der Waals surface area contributed by atoms with E-state index in [9.17, 15) is 8.42 Å². The second-order valence-electron chi connectivity index (χ2n) is 3.42. The minimum absolute atomic E-state index is 0.156. The summed E-state index contributed by atoms with van der Waals surface area (Å²) in [5, 5.41) is 6.65. The molecule has 0 bridgehead atoms. The number of benzene rings is 1. The Morgan fingerprint density at radius 2 is 1.87 bits per heavy atom. The fourth-order valence-corrected chi connectivity index (χ4v) is 2.38. The first-order chi connectivity index (χ1) is 6.98. The summed E-state index contributed by atoms with van der Waals surface area (Å²) in [6.07, 6.45) is 3.36. The van der Waals surface area contributed by atoms with Gasteiger partial charge in [0.05, 0.1) is 0 Å². The maximum Gasteiger partial charge on any atom is 0.244 e. The highest BCUT2D eigenvalue weighted by Crippen LogP contribution is 2.18. The molecule has 0 radical (unpaired) electrons. The Balaban J connectivity index is 2.96. The molecule has 15 heavy (non-hydrogen) atoms. The second-order valence-corrected chi connectivity index (χ2v) is 4.95. The Kier molecular flexibility index (Phi) is 2.21. The summed E-state index contributed by atoms with van der Waals surface area (Å²) < 4.78 is 24.4. The zero-order valence-corrected chi connectivity index (χ0v) is 9.03. The highest BCUT2D eigenvalue weighted by Gasteiger charge is 2.16. The molecule has 2 aromatic rings. The van der Waals surface area contributed by atoms with Gasteiger partial charge in [0.15, 0.2) is 17.3 Å². The smallest absolute Gasteiger partial charge is 0.224 e. The van der Waals surface area contributed by atoms with Crippen molar-refractivity contribution < 1.29 is 13.0 Å². The van der Waals surface area contributed by atoms with Gasteiger partial charge in [0.1, 0.15) is 7.05 Å². The SMILES string of the molecule is C[n+]1cc(S(N)(=O)=O)c2ccccc2c1. The fraction of sp³-hybridized carbons (Fsp3) is 0.100. The number of aromatic nitrogens is 1. The van der Waals surface area contributed by atoms with E-state index in [4.69, 9.17) is 5.14 Å². The van der Waals surface area contributed by atoms with Crippen molar-refractivity contribution in [1.82, 2.24) is 0 Å². The molecule has 5 heteroatoms. The molecule has 2 rings (SSSR count). The van der Waals surface area contributed by atoms with Crippen LogP contribution in [0.1, 0.15) is 0 Å². The quantitative estimate of drug-likeness (QED) is 0.707. The Bertz CT molecular complexity index is 620. The fourth-order valence-electron chi connectivity index (χ4n) is 1.57. The van der Waals surface area contributed by atoms with Crippen LogP contribution in [0, 0.1) is 0 Å². The van der Waals surface area contributed by atoms with Gasteiger partial charge in [0.2, 0.25) is 10.0 Å². The molecular weight excluding hydrogens is 212 g/mol. The van der Waals surface area contributed by atoms with E-state index in [2.05, 4.69) is 0 Å². The van der Waals surface area contributed by atoms with Gasteiger partial charge in [-0.25, -0.2) is 18.1 Å². The van der Waals surface area contributed by atoms with Gasteiger partial charge in [-0.15, -0.1) is 0 Å². The van der Waals surface area contributed by atoms with E-state index in [1.165, 1.54) is 6.20 Å². The normalized spacial score (nSPS) is 11.9. The zero-order chi connectivity index (χ0) is 11.1. The van der Waals surface area contributed by atoms with Crippen molar-refractivity contribution >= 4 is 20.8 Å². The number of nitrogens with zero attached hydrogens (tertiary/aromatic N) is 1. The molecule has 0 fully saturated rings. The highest BCUT2D eigenvalue weighted by atomic mass is 32.2. The van der Waals surface area contributed by atoms with Gasteiger partial charge in [-0.3, -0.25) is 0 Å². The van der Waals surface area contributed by atoms with Gasteiger partial charge >= 0.3 is 0 Å². The monoisotopic (exact) mass is 223 g/mol. The Labute approximate surface area is 88.0 Å². The van der Waals surface area contributed by atoms with Crippen LogP contribution in [-0.2, 0) is 17.1 Å². The minimum Gasteiger partial charge on any atom is -0.224 e. The molecule has 0 aliphatic rings. The van der Waals surface area contributed by atoms with E-state index in [1.807, 2.05) is 18.3 Å². The number of rotatable bonds is 1. The lowest BCUT2D eigenvalue weighted by Gasteiger charge is -2.01. The van der Waals surface area contributed by atoms with Crippen molar-refractivity contribution in [3.8, 4) is 0 Å². The molecule has 0 unspecified atom stereocenters. The Morgan fingerprint density at radius 3 is 2.53 bits per heavy atom. The Morgan fingerprint density at radius 1 is 1.20 bits per heavy atom. The van der Waals surface area contributed by atoms with Gasteiger partial charge < -0.3 is 0 Å². The maximum absolute atomic E-state index is 11.4. The van der Waals surface area contributed by atoms with Crippen LogP contribution >= 0.6 is 0 Å². The lowest BCUT2D eigenvalue weighted by Crippen LogP contribution is -2.29. The molecule has 2 N–H and O–H groups in total. The first kappa shape index (κ1) is 10.1. The molecule has 0 aliphatic carbocycles. The average molecular weight is 223 g/mol. The number of hydrogen-bond acceptors (Lipinski definition) is 2. The third kappa shape index (κ3) is 1.84. The van der Waals surface area contributed by atoms with E-state index < -0.39 is 10.0 Å². The standard InChI is InChI=1S/C10H11N2O2S/c1-12-6-8-4-2-3-5-9(8)10(7-12)15(11,13)14/h2-7H,1H3,(H2,11,13,14)/q+1. The van der Waals surface area contributed by atoms with E-state index >= 15 is 0 Å². The summed E-state index contributed by atoms with van der Waals surface area (Å²) in [5.74, 6) is 0. The van der Waals surface area contributed by atoms with Crippen LogP contribution < -0.4 is 9.71 Å². The van der Waals surface area contributed by atoms with Crippen LogP contribution in [0.3, 0.4) is 0 Å². The number of sulfonamides is 1. The summed E-state index contributed by atoms with van der Waals surface area (Å²) in [4.78, 5) is 0.156. The molecule has 0 atom stereocenters. The van der Waals surface area contributed by atoms with E-state index in [1.54, 1.807) is 23.7 Å². The molecule has 0 spiro atoms. The van der Waals surface area contributed by atoms with Gasteiger partial charge in [-0.2, -0.15) is 0 Å². The van der Waals surface area contributed by atoms with Crippen molar-refractivity contribution in [2.24, 2.45) is 12.2 Å². The van der Waals surface area contributed by atoms with Crippen molar-refractivity contribution in [2.75, 3.05) is 0 Å². The van der Waals surface area contributed by atoms with E-state index in [0.29, 0.717) is 5.39 Å². The largest absolute Gasteiger partial charge is 0.244 e. The number of fused-ring (bicyclic) bond motifs is 1. The van der Waals surface area contributed by atoms with Crippen LogP contribution in [-0.4, -0.2) is 8.42 Å². The highest BCUT2D eigenvalue weighted by molar-refractivity contribution is 7.89. The van der Waals surface area contributed by atoms with Gasteiger partial charge in [0.25, 0.3) is 0 Å². The van der Waals surface area contributed by atoms with E-state index in [-0.39, 0.29) is 4.90 Å². The predicted molar refractivity (Wildman–Crippen MR) is 56.5 cm³/mol. The molecule has 78 valence electrons. The topological polar surface area (TPSA) is 64.0 Å². The number of aryl methyl sites for hydroxylation is 1. The first-order valence-corrected chi connectivity index (χ1v) is 5.94. The van der Waals surface area contributed by atoms with Gasteiger partial charge in [-0.1, -0.05) is 18.2 Å². The predicted octanol–water partition coefficient (Wildman–Crippen LogP) is 0.312. The summed E-state index contributed by atoms with van der Waals surface area (Å²) >= 11 is 0. The summed E-state index contributed by atoms with van der Waals surface area (Å²) in [6, 6.07) is 7.24. The van der Waals surface area contributed by atoms with Gasteiger partial charge in [0, 0.05) is 10.8 Å². The third-order valence-corrected chi connectivity index (χ3v) is 3.13. The van der Waals surface area contributed by atoms with Crippen molar-refractivity contribution in [2.45, 2.75) is 4.90 Å². The number of hydrogen-bond donors (Lipinski definition) is 1. The molecule has 0 saturated heterocycles. The van der Waals surface area contributed by atoms with Crippen LogP contribution in [0.25, 0.3) is 10.8 Å². The van der Waals surface area contributed by atoms with Crippen molar-refractivity contribution in [3.05, 3.63) is 36.7 Å². The lowest BCUT2D eigenvalue weighted by molar-refractivity contribution is -0.672. The molecule has 0 saturated carbocycles. The van der Waals surface area contributed by atoms with Crippen LogP contribution in [0.5, 0.6) is 0 Å². The molecular formula is C10H11N2O2S+. The summed E-state index contributed by atoms with van der Waals surface area (Å²) in [7, 11) is -1.91. The zero-order valence-electron chi connectivity index (χ0n) is 8.21. The van der Waals surface area contributed by atoms with Crippen molar-refractivity contribution in [3.63, 3.8) is 0 Å². The summed E-state index contributed by atoms with van der Waals surface area (Å²) in [5.41, 5.74) is 0. The molecule has 1 aromatic heterocycles. The van der Waals surface area contributed by atoms with Crippen LogP contribution in [0.2, 0.25) is 0 Å². The van der Waals surface area contributed by atoms with E-state index in [0.717, 1.165) is 5.39 Å². The lowest BCUT2D eigenvalue weighted by atomic mass is 10.2. The minimum atomic E-state index is -3.67. The molecule has 4 nitrogen and oxygen atoms in total. The molecule has 0 amide bonds. The van der Waals surface area contributed by atoms with Crippen LogP contribution in [0.4, 0.5) is 0 Å².